The SMILES string of the molecule is COc1ccc(/C=C(\C#N)S(=O)(=O)c2ccccc2)cc1COc1ccc2c(c1)CCC2. The van der Waals surface area contributed by atoms with Gasteiger partial charge < -0.3 is 9.47 Å². The van der Waals surface area contributed by atoms with Crippen LogP contribution in [0, 0.1) is 11.3 Å². The summed E-state index contributed by atoms with van der Waals surface area (Å²) in [5.74, 6) is 1.42. The van der Waals surface area contributed by atoms with Gasteiger partial charge in [0.25, 0.3) is 0 Å². The number of hydrogen-bond acceptors (Lipinski definition) is 5. The summed E-state index contributed by atoms with van der Waals surface area (Å²) in [4.78, 5) is -0.235. The third-order valence-corrected chi connectivity index (χ3v) is 7.20. The van der Waals surface area contributed by atoms with Crippen molar-refractivity contribution in [2.75, 3.05) is 7.11 Å². The predicted octanol–water partition coefficient (Wildman–Crippen LogP) is 5.10. The van der Waals surface area contributed by atoms with Gasteiger partial charge in [-0.25, -0.2) is 8.42 Å². The molecule has 0 saturated carbocycles. The minimum Gasteiger partial charge on any atom is -0.496 e. The van der Waals surface area contributed by atoms with Gasteiger partial charge in [0.1, 0.15) is 29.1 Å². The number of aryl methyl sites for hydroxylation is 2. The van der Waals surface area contributed by atoms with Crippen LogP contribution in [0.4, 0.5) is 0 Å². The van der Waals surface area contributed by atoms with Crippen molar-refractivity contribution in [1.29, 1.82) is 5.26 Å². The summed E-state index contributed by atoms with van der Waals surface area (Å²) in [6.07, 6.45) is 4.74. The average molecular weight is 446 g/mol. The summed E-state index contributed by atoms with van der Waals surface area (Å²) in [6, 6.07) is 21.2. The van der Waals surface area contributed by atoms with Gasteiger partial charge in [0.2, 0.25) is 9.84 Å². The molecule has 0 saturated heterocycles. The highest BCUT2D eigenvalue weighted by Gasteiger charge is 2.20. The number of rotatable bonds is 7. The first-order chi connectivity index (χ1) is 15.5. The summed E-state index contributed by atoms with van der Waals surface area (Å²) >= 11 is 0. The zero-order valence-electron chi connectivity index (χ0n) is 17.7. The summed E-state index contributed by atoms with van der Waals surface area (Å²) in [6.45, 7) is 0.261. The molecule has 0 radical (unpaired) electrons. The van der Waals surface area contributed by atoms with E-state index in [1.165, 1.54) is 35.8 Å². The van der Waals surface area contributed by atoms with Gasteiger partial charge in [-0.1, -0.05) is 30.3 Å². The minimum atomic E-state index is -3.90. The lowest BCUT2D eigenvalue weighted by molar-refractivity contribution is 0.296. The van der Waals surface area contributed by atoms with Crippen molar-refractivity contribution >= 4 is 15.9 Å². The second kappa shape index (κ2) is 9.29. The van der Waals surface area contributed by atoms with Gasteiger partial charge in [-0.3, -0.25) is 0 Å². The van der Waals surface area contributed by atoms with E-state index in [0.717, 1.165) is 24.2 Å². The van der Waals surface area contributed by atoms with Gasteiger partial charge in [0, 0.05) is 5.56 Å². The number of benzene rings is 3. The van der Waals surface area contributed by atoms with Crippen LogP contribution < -0.4 is 9.47 Å². The van der Waals surface area contributed by atoms with E-state index in [2.05, 4.69) is 12.1 Å². The number of ether oxygens (including phenoxy) is 2. The first-order valence-corrected chi connectivity index (χ1v) is 11.8. The van der Waals surface area contributed by atoms with Gasteiger partial charge in [0.15, 0.2) is 0 Å². The van der Waals surface area contributed by atoms with Gasteiger partial charge in [-0.05, 0) is 78.4 Å². The Morgan fingerprint density at radius 2 is 1.81 bits per heavy atom. The Morgan fingerprint density at radius 3 is 2.56 bits per heavy atom. The van der Waals surface area contributed by atoms with Crippen molar-refractivity contribution in [1.82, 2.24) is 0 Å². The molecule has 0 aliphatic heterocycles. The maximum Gasteiger partial charge on any atom is 0.216 e. The Kier molecular flexibility index (Phi) is 6.29. The van der Waals surface area contributed by atoms with Crippen LogP contribution in [0.2, 0.25) is 0 Å². The van der Waals surface area contributed by atoms with Crippen molar-refractivity contribution in [3.8, 4) is 17.6 Å². The highest BCUT2D eigenvalue weighted by atomic mass is 32.2. The Balaban J connectivity index is 1.60. The summed E-state index contributed by atoms with van der Waals surface area (Å²) < 4.78 is 37.1. The molecule has 1 aliphatic rings. The maximum atomic E-state index is 12.8. The molecule has 0 aromatic heterocycles. The Bertz CT molecular complexity index is 1310. The van der Waals surface area contributed by atoms with Crippen LogP contribution in [0.1, 0.15) is 28.7 Å². The molecule has 0 amide bonds. The van der Waals surface area contributed by atoms with Gasteiger partial charge in [-0.2, -0.15) is 5.26 Å². The topological polar surface area (TPSA) is 76.4 Å². The first kappa shape index (κ1) is 21.7. The fourth-order valence-electron chi connectivity index (χ4n) is 3.85. The van der Waals surface area contributed by atoms with Crippen LogP contribution in [-0.4, -0.2) is 15.5 Å². The number of nitrogens with zero attached hydrogens (tertiary/aromatic N) is 1. The summed E-state index contributed by atoms with van der Waals surface area (Å²) in [5, 5.41) is 9.54. The molecule has 0 unspecified atom stereocenters. The van der Waals surface area contributed by atoms with E-state index in [9.17, 15) is 13.7 Å². The van der Waals surface area contributed by atoms with Crippen LogP contribution in [0.5, 0.6) is 11.5 Å². The highest BCUT2D eigenvalue weighted by molar-refractivity contribution is 7.95. The predicted molar refractivity (Wildman–Crippen MR) is 123 cm³/mol. The average Bonchev–Trinajstić information content (AvgIpc) is 3.29. The molecule has 0 N–H and O–H groups in total. The summed E-state index contributed by atoms with van der Waals surface area (Å²) in [7, 11) is -2.33. The van der Waals surface area contributed by atoms with E-state index in [4.69, 9.17) is 9.47 Å². The van der Waals surface area contributed by atoms with E-state index >= 15 is 0 Å². The minimum absolute atomic E-state index is 0.0847. The van der Waals surface area contributed by atoms with E-state index in [1.54, 1.807) is 43.5 Å². The molecule has 0 heterocycles. The second-order valence-corrected chi connectivity index (χ2v) is 9.50. The van der Waals surface area contributed by atoms with Crippen molar-refractivity contribution in [2.45, 2.75) is 30.8 Å². The summed E-state index contributed by atoms with van der Waals surface area (Å²) in [5.41, 5.74) is 4.05. The lowest BCUT2D eigenvalue weighted by Crippen LogP contribution is -2.04. The zero-order chi connectivity index (χ0) is 22.6. The van der Waals surface area contributed by atoms with Crippen molar-refractivity contribution in [3.05, 3.63) is 93.9 Å². The number of allylic oxidation sites excluding steroid dienone is 1. The van der Waals surface area contributed by atoms with Crippen molar-refractivity contribution in [3.63, 3.8) is 0 Å². The molecule has 3 aromatic rings. The number of methoxy groups -OCH3 is 1. The molecule has 32 heavy (non-hydrogen) atoms. The smallest absolute Gasteiger partial charge is 0.216 e. The zero-order valence-corrected chi connectivity index (χ0v) is 18.6. The molecule has 0 spiro atoms. The molecule has 4 rings (SSSR count). The van der Waals surface area contributed by atoms with Crippen LogP contribution in [0.3, 0.4) is 0 Å². The van der Waals surface area contributed by atoms with Crippen molar-refractivity contribution in [2.24, 2.45) is 0 Å². The van der Waals surface area contributed by atoms with Gasteiger partial charge in [0.05, 0.1) is 12.0 Å². The van der Waals surface area contributed by atoms with E-state index in [-0.39, 0.29) is 16.4 Å². The number of sulfone groups is 1. The van der Waals surface area contributed by atoms with Crippen LogP contribution >= 0.6 is 0 Å². The number of hydrogen-bond donors (Lipinski definition) is 0. The van der Waals surface area contributed by atoms with Crippen molar-refractivity contribution < 1.29 is 17.9 Å². The van der Waals surface area contributed by atoms with Crippen LogP contribution in [-0.2, 0) is 29.3 Å². The molecule has 6 heteroatoms. The fourth-order valence-corrected chi connectivity index (χ4v) is 5.03. The molecule has 0 fully saturated rings. The highest BCUT2D eigenvalue weighted by Crippen LogP contribution is 2.29. The largest absolute Gasteiger partial charge is 0.496 e. The van der Waals surface area contributed by atoms with E-state index in [0.29, 0.717) is 11.3 Å². The second-order valence-electron chi connectivity index (χ2n) is 7.58. The fraction of sp³-hybridized carbons (Fsp3) is 0.192. The van der Waals surface area contributed by atoms with Crippen LogP contribution in [0.15, 0.2) is 76.5 Å². The Morgan fingerprint density at radius 1 is 1.03 bits per heavy atom. The quantitative estimate of drug-likeness (QED) is 0.473. The third-order valence-electron chi connectivity index (χ3n) is 5.52. The molecule has 3 aromatic carbocycles. The normalized spacial score (nSPS) is 13.3. The third kappa shape index (κ3) is 4.53. The van der Waals surface area contributed by atoms with E-state index in [1.807, 2.05) is 12.1 Å². The molecule has 1 aliphatic carbocycles. The molecule has 0 bridgehead atoms. The van der Waals surface area contributed by atoms with E-state index < -0.39 is 9.84 Å². The molecule has 5 nitrogen and oxygen atoms in total. The number of nitriles is 1. The van der Waals surface area contributed by atoms with Gasteiger partial charge >= 0.3 is 0 Å². The lowest BCUT2D eigenvalue weighted by atomic mass is 10.1. The molecular formula is C26H23NO4S. The molecular weight excluding hydrogens is 422 g/mol. The molecule has 0 atom stereocenters. The van der Waals surface area contributed by atoms with Crippen LogP contribution in [0.25, 0.3) is 6.08 Å². The Hall–Kier alpha value is -3.56. The number of fused-ring (bicyclic) bond motifs is 1. The molecule has 162 valence electrons. The lowest BCUT2D eigenvalue weighted by Gasteiger charge is -2.12. The monoisotopic (exact) mass is 445 g/mol. The van der Waals surface area contributed by atoms with Gasteiger partial charge in [-0.15, -0.1) is 0 Å². The first-order valence-electron chi connectivity index (χ1n) is 10.3. The maximum absolute atomic E-state index is 12.8. The standard InChI is InChI=1S/C26H23NO4S/c1-30-26-13-10-19(15-25(17-27)32(28,29)24-8-3-2-4-9-24)14-22(26)18-31-23-12-11-20-6-5-7-21(20)16-23/h2-4,8-16H,5-7,18H2,1H3/b25-15+. The Labute approximate surface area is 188 Å².